The first-order chi connectivity index (χ1) is 12.3. The van der Waals surface area contributed by atoms with Gasteiger partial charge in [-0.2, -0.15) is 0 Å². The Bertz CT molecular complexity index is 683. The van der Waals surface area contributed by atoms with Crippen molar-refractivity contribution in [2.75, 3.05) is 45.8 Å². The predicted octanol–water partition coefficient (Wildman–Crippen LogP) is 1.67. The minimum absolute atomic E-state index is 0.283. The quantitative estimate of drug-likeness (QED) is 0.822. The maximum absolute atomic E-state index is 12.2. The number of rotatable bonds is 5. The van der Waals surface area contributed by atoms with Crippen LogP contribution in [0.5, 0.6) is 0 Å². The van der Waals surface area contributed by atoms with Gasteiger partial charge >= 0.3 is 0 Å². The van der Waals surface area contributed by atoms with Crippen LogP contribution in [0.25, 0.3) is 11.5 Å². The zero-order chi connectivity index (χ0) is 17.1. The summed E-state index contributed by atoms with van der Waals surface area (Å²) in [4.78, 5) is 18.8. The van der Waals surface area contributed by atoms with Crippen molar-refractivity contribution in [3.8, 4) is 11.5 Å². The van der Waals surface area contributed by atoms with E-state index >= 15 is 0 Å². The van der Waals surface area contributed by atoms with Crippen LogP contribution in [-0.2, 0) is 11.3 Å². The van der Waals surface area contributed by atoms with Crippen molar-refractivity contribution >= 4 is 5.91 Å². The second-order valence-electron chi connectivity index (χ2n) is 6.80. The van der Waals surface area contributed by atoms with Crippen LogP contribution in [0.1, 0.15) is 18.5 Å². The number of hydrogen-bond donors (Lipinski definition) is 0. The van der Waals surface area contributed by atoms with Crippen LogP contribution >= 0.6 is 0 Å². The average Bonchev–Trinajstić information content (AvgIpc) is 3.38. The summed E-state index contributed by atoms with van der Waals surface area (Å²) in [6, 6.07) is 5.63. The number of carbonyl (C=O) groups excluding carboxylic acids is 1. The van der Waals surface area contributed by atoms with E-state index in [0.29, 0.717) is 18.1 Å². The summed E-state index contributed by atoms with van der Waals surface area (Å²) >= 11 is 0. The molecule has 0 unspecified atom stereocenters. The van der Waals surface area contributed by atoms with Crippen LogP contribution in [0, 0.1) is 0 Å². The number of furan rings is 1. The molecule has 4 rings (SSSR count). The second kappa shape index (κ2) is 7.41. The van der Waals surface area contributed by atoms with Gasteiger partial charge in [-0.25, -0.2) is 0 Å². The molecule has 0 saturated carbocycles. The molecule has 2 aromatic heterocycles. The minimum atomic E-state index is 0.283. The Balaban J connectivity index is 1.24. The highest BCUT2D eigenvalue weighted by Crippen LogP contribution is 2.21. The number of nitrogens with zero attached hydrogens (tertiary/aromatic N) is 4. The lowest BCUT2D eigenvalue weighted by Gasteiger charge is -2.34. The van der Waals surface area contributed by atoms with Crippen LogP contribution in [0.2, 0.25) is 0 Å². The van der Waals surface area contributed by atoms with Gasteiger partial charge < -0.3 is 13.8 Å². The number of hydrogen-bond acceptors (Lipinski definition) is 6. The highest BCUT2D eigenvalue weighted by atomic mass is 16.5. The van der Waals surface area contributed by atoms with Gasteiger partial charge in [0, 0.05) is 51.9 Å². The summed E-state index contributed by atoms with van der Waals surface area (Å²) < 4.78 is 10.7. The van der Waals surface area contributed by atoms with Gasteiger partial charge in [-0.05, 0) is 25.0 Å². The molecule has 0 bridgehead atoms. The van der Waals surface area contributed by atoms with E-state index in [9.17, 15) is 4.79 Å². The molecule has 4 heterocycles. The first-order valence-corrected chi connectivity index (χ1v) is 9.00. The number of piperazine rings is 1. The largest absolute Gasteiger partial charge is 0.461 e. The Kier molecular flexibility index (Phi) is 4.85. The Labute approximate surface area is 147 Å². The molecule has 7 nitrogen and oxygen atoms in total. The zero-order valence-corrected chi connectivity index (χ0v) is 14.4. The molecular formula is C18H24N4O3. The molecule has 0 N–H and O–H groups in total. The molecule has 134 valence electrons. The van der Waals surface area contributed by atoms with Crippen molar-refractivity contribution < 1.29 is 13.7 Å². The predicted molar refractivity (Wildman–Crippen MR) is 91.7 cm³/mol. The Morgan fingerprint density at radius 1 is 1.04 bits per heavy atom. The van der Waals surface area contributed by atoms with Crippen molar-refractivity contribution in [1.29, 1.82) is 0 Å². The fourth-order valence-electron chi connectivity index (χ4n) is 3.51. The summed E-state index contributed by atoms with van der Waals surface area (Å²) in [7, 11) is 0. The first-order valence-electron chi connectivity index (χ1n) is 9.00. The molecule has 0 aromatic carbocycles. The van der Waals surface area contributed by atoms with Gasteiger partial charge in [0.05, 0.1) is 18.5 Å². The van der Waals surface area contributed by atoms with Gasteiger partial charge in [-0.3, -0.25) is 14.6 Å². The van der Waals surface area contributed by atoms with Crippen molar-refractivity contribution in [2.45, 2.75) is 19.4 Å². The van der Waals surface area contributed by atoms with E-state index < -0.39 is 0 Å². The van der Waals surface area contributed by atoms with Crippen molar-refractivity contribution in [3.05, 3.63) is 30.2 Å². The lowest BCUT2D eigenvalue weighted by Crippen LogP contribution is -2.49. The van der Waals surface area contributed by atoms with E-state index in [1.165, 1.54) is 0 Å². The number of likely N-dealkylation sites (tertiary alicyclic amines) is 1. The third-order valence-corrected chi connectivity index (χ3v) is 4.99. The molecule has 2 fully saturated rings. The summed E-state index contributed by atoms with van der Waals surface area (Å²) in [5, 5.41) is 4.13. The standard InChI is InChI=1S/C18H24N4O3/c23-18(22-5-1-2-6-22)14-21-9-7-20(8-10-21)13-15-12-17(25-19-15)16-4-3-11-24-16/h3-4,11-12H,1-2,5-10,13-14H2. The lowest BCUT2D eigenvalue weighted by atomic mass is 10.2. The van der Waals surface area contributed by atoms with E-state index in [0.717, 1.165) is 64.3 Å². The van der Waals surface area contributed by atoms with Crippen molar-refractivity contribution in [3.63, 3.8) is 0 Å². The third kappa shape index (κ3) is 3.93. The van der Waals surface area contributed by atoms with E-state index in [1.807, 2.05) is 23.1 Å². The molecule has 0 radical (unpaired) electrons. The molecule has 2 aliphatic heterocycles. The topological polar surface area (TPSA) is 66.0 Å². The fraction of sp³-hybridized carbons (Fsp3) is 0.556. The summed E-state index contributed by atoms with van der Waals surface area (Å²) in [5.74, 6) is 1.64. The second-order valence-corrected chi connectivity index (χ2v) is 6.80. The van der Waals surface area contributed by atoms with Gasteiger partial charge in [0.15, 0.2) is 5.76 Å². The van der Waals surface area contributed by atoms with Crippen molar-refractivity contribution in [1.82, 2.24) is 19.9 Å². The van der Waals surface area contributed by atoms with Crippen LogP contribution in [0.3, 0.4) is 0 Å². The van der Waals surface area contributed by atoms with E-state index in [1.54, 1.807) is 6.26 Å². The number of carbonyl (C=O) groups is 1. The maximum Gasteiger partial charge on any atom is 0.236 e. The zero-order valence-electron chi connectivity index (χ0n) is 14.4. The number of amides is 1. The van der Waals surface area contributed by atoms with Gasteiger partial charge in [0.2, 0.25) is 11.7 Å². The van der Waals surface area contributed by atoms with Gasteiger partial charge in [-0.15, -0.1) is 0 Å². The Hall–Kier alpha value is -2.12. The lowest BCUT2D eigenvalue weighted by molar-refractivity contribution is -0.131. The maximum atomic E-state index is 12.2. The molecule has 0 spiro atoms. The van der Waals surface area contributed by atoms with Crippen LogP contribution < -0.4 is 0 Å². The Morgan fingerprint density at radius 2 is 1.80 bits per heavy atom. The van der Waals surface area contributed by atoms with Gasteiger partial charge in [0.1, 0.15) is 0 Å². The number of aromatic nitrogens is 1. The van der Waals surface area contributed by atoms with Gasteiger partial charge in [-0.1, -0.05) is 5.16 Å². The van der Waals surface area contributed by atoms with Gasteiger partial charge in [0.25, 0.3) is 0 Å². The molecule has 2 saturated heterocycles. The SMILES string of the molecule is O=C(CN1CCN(Cc2cc(-c3ccco3)on2)CC1)N1CCCC1. The highest BCUT2D eigenvalue weighted by Gasteiger charge is 2.24. The first kappa shape index (κ1) is 16.4. The molecule has 0 atom stereocenters. The molecular weight excluding hydrogens is 320 g/mol. The van der Waals surface area contributed by atoms with Crippen LogP contribution in [0.15, 0.2) is 33.4 Å². The average molecular weight is 344 g/mol. The smallest absolute Gasteiger partial charge is 0.236 e. The summed E-state index contributed by atoms with van der Waals surface area (Å²) in [5.41, 5.74) is 0.910. The molecule has 25 heavy (non-hydrogen) atoms. The van der Waals surface area contributed by atoms with Crippen LogP contribution in [-0.4, -0.2) is 71.6 Å². The van der Waals surface area contributed by atoms with E-state index in [-0.39, 0.29) is 5.91 Å². The molecule has 2 aliphatic rings. The molecule has 7 heteroatoms. The van der Waals surface area contributed by atoms with Crippen LogP contribution in [0.4, 0.5) is 0 Å². The van der Waals surface area contributed by atoms with E-state index in [2.05, 4.69) is 15.0 Å². The molecule has 1 amide bonds. The fourth-order valence-corrected chi connectivity index (χ4v) is 3.51. The normalized spacial score (nSPS) is 19.6. The van der Waals surface area contributed by atoms with Crippen molar-refractivity contribution in [2.24, 2.45) is 0 Å². The third-order valence-electron chi connectivity index (χ3n) is 4.99. The molecule has 2 aromatic rings. The molecule has 0 aliphatic carbocycles. The Morgan fingerprint density at radius 3 is 2.52 bits per heavy atom. The van der Waals surface area contributed by atoms with E-state index in [4.69, 9.17) is 8.94 Å². The summed E-state index contributed by atoms with van der Waals surface area (Å²) in [6.45, 7) is 6.90. The minimum Gasteiger partial charge on any atom is -0.461 e. The monoisotopic (exact) mass is 344 g/mol. The highest BCUT2D eigenvalue weighted by molar-refractivity contribution is 5.78. The summed E-state index contributed by atoms with van der Waals surface area (Å²) in [6.07, 6.45) is 3.93.